The third kappa shape index (κ3) is 8.47. The highest BCUT2D eigenvalue weighted by Gasteiger charge is 2.31. The van der Waals surface area contributed by atoms with E-state index in [4.69, 9.17) is 9.15 Å². The maximum Gasteiger partial charge on any atom is 0.273 e. The van der Waals surface area contributed by atoms with Gasteiger partial charge < -0.3 is 35.3 Å². The van der Waals surface area contributed by atoms with Gasteiger partial charge in [-0.15, -0.1) is 0 Å². The highest BCUT2D eigenvalue weighted by Crippen LogP contribution is 2.22. The molecule has 4 N–H and O–H groups in total. The summed E-state index contributed by atoms with van der Waals surface area (Å²) in [5.74, 6) is -0.970. The second-order valence-corrected chi connectivity index (χ2v) is 11.8. The Hall–Kier alpha value is -4.78. The van der Waals surface area contributed by atoms with Crippen LogP contribution in [0.3, 0.4) is 0 Å². The van der Waals surface area contributed by atoms with Gasteiger partial charge in [-0.3, -0.25) is 19.2 Å². The molecule has 1 saturated heterocycles. The van der Waals surface area contributed by atoms with Gasteiger partial charge in [0, 0.05) is 32.3 Å². The minimum Gasteiger partial charge on any atom is -0.446 e. The molecule has 5 rings (SSSR count). The number of carbonyl (C=O) groups excluding carboxylic acids is 4. The molecule has 2 bridgehead atoms. The van der Waals surface area contributed by atoms with Crippen molar-refractivity contribution in [2.45, 2.75) is 57.7 Å². The predicted molar refractivity (Wildman–Crippen MR) is 169 cm³/mol. The normalized spacial score (nSPS) is 21.7. The number of benzene rings is 1. The zero-order valence-corrected chi connectivity index (χ0v) is 26.2. The number of fused-ring (bicyclic) bond motifs is 2. The summed E-state index contributed by atoms with van der Waals surface area (Å²) in [6.45, 7) is 6.80. The summed E-state index contributed by atoms with van der Waals surface area (Å²) >= 11 is 0. The van der Waals surface area contributed by atoms with E-state index in [1.807, 2.05) is 44.2 Å². The number of hydrogen-bond acceptors (Lipinski definition) is 9. The number of ether oxygens (including phenoxy) is 1. The standard InChI is InChI=1S/C33H41N7O6/c1-21(2)28-33-38-26(20-46-33)30(42)34-13-7-6-10-24(31(43)37-25(32(44)39-28)18-22-8-4-3-5-9-22)36-29(41)23-11-12-27(35-19-23)40-14-16-45-17-15-40/h3-5,8-9,11-12,19-21,24-25,28H,6-7,10,13-18H2,1-2H3,(H,34,42)(H,36,41)(H,37,43)(H,39,44)/t24-,25-,28-/m0/s1. The maximum atomic E-state index is 13.8. The molecule has 0 spiro atoms. The Bertz CT molecular complexity index is 1490. The lowest BCUT2D eigenvalue weighted by Gasteiger charge is -2.28. The van der Waals surface area contributed by atoms with E-state index >= 15 is 0 Å². The Morgan fingerprint density at radius 3 is 2.52 bits per heavy atom. The van der Waals surface area contributed by atoms with Crippen LogP contribution in [0, 0.1) is 5.92 Å². The van der Waals surface area contributed by atoms with Gasteiger partial charge in [-0.25, -0.2) is 9.97 Å². The van der Waals surface area contributed by atoms with Gasteiger partial charge in [0.1, 0.15) is 30.2 Å². The van der Waals surface area contributed by atoms with Crippen molar-refractivity contribution in [3.63, 3.8) is 0 Å². The summed E-state index contributed by atoms with van der Waals surface area (Å²) in [6.07, 6.45) is 4.34. The molecule has 0 saturated carbocycles. The molecular weight excluding hydrogens is 590 g/mol. The van der Waals surface area contributed by atoms with Gasteiger partial charge in [0.15, 0.2) is 5.69 Å². The number of aromatic nitrogens is 2. The highest BCUT2D eigenvalue weighted by molar-refractivity contribution is 5.98. The lowest BCUT2D eigenvalue weighted by Crippen LogP contribution is -2.55. The van der Waals surface area contributed by atoms with Crippen molar-refractivity contribution in [2.75, 3.05) is 37.7 Å². The van der Waals surface area contributed by atoms with E-state index in [1.165, 1.54) is 12.5 Å². The first kappa shape index (κ1) is 32.6. The summed E-state index contributed by atoms with van der Waals surface area (Å²) in [4.78, 5) is 64.5. The summed E-state index contributed by atoms with van der Waals surface area (Å²) in [5, 5.41) is 11.5. The number of rotatable bonds is 6. The predicted octanol–water partition coefficient (Wildman–Crippen LogP) is 2.16. The molecule has 1 aromatic carbocycles. The van der Waals surface area contributed by atoms with Crippen LogP contribution in [0.4, 0.5) is 5.82 Å². The van der Waals surface area contributed by atoms with Crippen molar-refractivity contribution >= 4 is 29.4 Å². The number of hydrogen-bond donors (Lipinski definition) is 4. The quantitative estimate of drug-likeness (QED) is 0.319. The number of nitrogens with zero attached hydrogens (tertiary/aromatic N) is 3. The van der Waals surface area contributed by atoms with Crippen molar-refractivity contribution in [1.29, 1.82) is 0 Å². The fourth-order valence-corrected chi connectivity index (χ4v) is 5.41. The van der Waals surface area contributed by atoms with E-state index < -0.39 is 41.8 Å². The number of nitrogens with one attached hydrogen (secondary N) is 4. The van der Waals surface area contributed by atoms with Crippen LogP contribution in [0.1, 0.15) is 71.5 Å². The second-order valence-electron chi connectivity index (χ2n) is 11.8. The van der Waals surface area contributed by atoms with E-state index in [-0.39, 0.29) is 30.3 Å². The van der Waals surface area contributed by atoms with Crippen LogP contribution in [-0.4, -0.2) is 78.5 Å². The van der Waals surface area contributed by atoms with Gasteiger partial charge in [-0.05, 0) is 42.9 Å². The molecule has 0 aliphatic carbocycles. The van der Waals surface area contributed by atoms with E-state index in [1.54, 1.807) is 12.1 Å². The summed E-state index contributed by atoms with van der Waals surface area (Å²) in [5.41, 5.74) is 1.28. The molecule has 2 aromatic heterocycles. The SMILES string of the molecule is CC(C)[C@@H]1NC(=O)[C@H](Cc2ccccc2)NC(=O)[C@@H](NC(=O)c2ccc(N3CCOCC3)nc2)CCCCNC(=O)c2coc1n2. The van der Waals surface area contributed by atoms with Gasteiger partial charge in [0.25, 0.3) is 11.8 Å². The lowest BCUT2D eigenvalue weighted by atomic mass is 10.0. The molecule has 13 nitrogen and oxygen atoms in total. The minimum absolute atomic E-state index is 0.120. The molecular formula is C33H41N7O6. The molecule has 1 fully saturated rings. The van der Waals surface area contributed by atoms with Gasteiger partial charge in [-0.2, -0.15) is 0 Å². The van der Waals surface area contributed by atoms with Crippen molar-refractivity contribution in [1.82, 2.24) is 31.2 Å². The zero-order chi connectivity index (χ0) is 32.5. The maximum absolute atomic E-state index is 13.8. The fourth-order valence-electron chi connectivity index (χ4n) is 5.41. The summed E-state index contributed by atoms with van der Waals surface area (Å²) < 4.78 is 11.0. The highest BCUT2D eigenvalue weighted by atomic mass is 16.5. The fraction of sp³-hybridized carbons (Fsp3) is 0.455. The van der Waals surface area contributed by atoms with Gasteiger partial charge in [0.2, 0.25) is 17.7 Å². The molecule has 3 atom stereocenters. The van der Waals surface area contributed by atoms with Gasteiger partial charge >= 0.3 is 0 Å². The van der Waals surface area contributed by atoms with E-state index in [9.17, 15) is 19.2 Å². The Kier molecular flexibility index (Phi) is 11.0. The van der Waals surface area contributed by atoms with Crippen LogP contribution >= 0.6 is 0 Å². The minimum atomic E-state index is -0.962. The average molecular weight is 632 g/mol. The molecule has 46 heavy (non-hydrogen) atoms. The van der Waals surface area contributed by atoms with Gasteiger partial charge in [0.05, 0.1) is 18.8 Å². The first-order valence-electron chi connectivity index (χ1n) is 15.8. The summed E-state index contributed by atoms with van der Waals surface area (Å²) in [6, 6.07) is 10.3. The first-order chi connectivity index (χ1) is 22.3. The Morgan fingerprint density at radius 1 is 1.02 bits per heavy atom. The average Bonchev–Trinajstić information content (AvgIpc) is 3.56. The third-order valence-corrected chi connectivity index (χ3v) is 8.07. The number of anilines is 1. The molecule has 13 heteroatoms. The first-order valence-corrected chi connectivity index (χ1v) is 15.8. The number of oxazole rings is 1. The number of carbonyl (C=O) groups is 4. The number of morpholine rings is 1. The Morgan fingerprint density at radius 2 is 1.80 bits per heavy atom. The van der Waals surface area contributed by atoms with Crippen LogP contribution in [0.2, 0.25) is 0 Å². The van der Waals surface area contributed by atoms with Crippen molar-refractivity contribution in [2.24, 2.45) is 5.92 Å². The van der Waals surface area contributed by atoms with Crippen LogP contribution < -0.4 is 26.2 Å². The van der Waals surface area contributed by atoms with E-state index in [0.717, 1.165) is 24.5 Å². The molecule has 4 heterocycles. The Balaban J connectivity index is 1.37. The van der Waals surface area contributed by atoms with Crippen molar-refractivity contribution in [3.8, 4) is 0 Å². The largest absolute Gasteiger partial charge is 0.446 e. The van der Waals surface area contributed by atoms with Crippen LogP contribution in [0.25, 0.3) is 0 Å². The Labute approximate surface area is 267 Å². The molecule has 244 valence electrons. The molecule has 4 amide bonds. The van der Waals surface area contributed by atoms with Crippen LogP contribution in [0.5, 0.6) is 0 Å². The van der Waals surface area contributed by atoms with Crippen LogP contribution in [-0.2, 0) is 20.7 Å². The molecule has 0 unspecified atom stereocenters. The second kappa shape index (κ2) is 15.5. The van der Waals surface area contributed by atoms with Gasteiger partial charge in [-0.1, -0.05) is 44.2 Å². The van der Waals surface area contributed by atoms with E-state index in [0.29, 0.717) is 38.2 Å². The zero-order valence-electron chi connectivity index (χ0n) is 26.2. The topological polar surface area (TPSA) is 168 Å². The van der Waals surface area contributed by atoms with E-state index in [2.05, 4.69) is 36.1 Å². The summed E-state index contributed by atoms with van der Waals surface area (Å²) in [7, 11) is 0. The number of amides is 4. The molecule has 2 aliphatic heterocycles. The van der Waals surface area contributed by atoms with Crippen LogP contribution in [0.15, 0.2) is 59.3 Å². The number of pyridine rings is 1. The molecule has 3 aromatic rings. The lowest BCUT2D eigenvalue weighted by molar-refractivity contribution is -0.130. The van der Waals surface area contributed by atoms with Crippen molar-refractivity contribution < 1.29 is 28.3 Å². The molecule has 2 aliphatic rings. The molecule has 0 radical (unpaired) electrons. The monoisotopic (exact) mass is 631 g/mol. The van der Waals surface area contributed by atoms with Crippen molar-refractivity contribution in [3.05, 3.63) is 77.6 Å². The smallest absolute Gasteiger partial charge is 0.273 e. The third-order valence-electron chi connectivity index (χ3n) is 8.07.